The molecule has 1 aromatic carbocycles. The zero-order valence-corrected chi connectivity index (χ0v) is 16.4. The molecule has 1 atom stereocenters. The molecule has 146 valence electrons. The number of imidazole rings is 1. The molecule has 0 spiro atoms. The number of aromatic nitrogens is 3. The van der Waals surface area contributed by atoms with Gasteiger partial charge in [-0.2, -0.15) is 0 Å². The summed E-state index contributed by atoms with van der Waals surface area (Å²) in [6.45, 7) is 5.75. The number of rotatable bonds is 4. The number of aryl methyl sites for hydroxylation is 1. The number of hydrogen-bond acceptors (Lipinski definition) is 3. The second-order valence-corrected chi connectivity index (χ2v) is 7.60. The van der Waals surface area contributed by atoms with Gasteiger partial charge in [0.15, 0.2) is 0 Å². The molecule has 3 aromatic rings. The number of hydrogen-bond donors (Lipinski definition) is 1. The van der Waals surface area contributed by atoms with E-state index in [-0.39, 0.29) is 17.0 Å². The maximum Gasteiger partial charge on any atom is 0.263 e. The van der Waals surface area contributed by atoms with Crippen LogP contribution in [0.2, 0.25) is 0 Å². The molecule has 1 aliphatic rings. The highest BCUT2D eigenvalue weighted by atomic mass is 16.2. The fraction of sp³-hybridized carbons (Fsp3) is 0.409. The summed E-state index contributed by atoms with van der Waals surface area (Å²) < 4.78 is 1.66. The molecule has 3 heterocycles. The molecule has 1 unspecified atom stereocenters. The van der Waals surface area contributed by atoms with Crippen molar-refractivity contribution < 1.29 is 4.79 Å². The van der Waals surface area contributed by atoms with E-state index in [1.54, 1.807) is 10.6 Å². The van der Waals surface area contributed by atoms with Gasteiger partial charge in [-0.05, 0) is 56.9 Å². The van der Waals surface area contributed by atoms with E-state index in [1.165, 1.54) is 0 Å². The highest BCUT2D eigenvalue weighted by Gasteiger charge is 2.27. The molecule has 28 heavy (non-hydrogen) atoms. The number of aromatic amines is 1. The standard InChI is InChI=1S/C22H26N4O2/c1-3-26-15(2)10-11-17(22(26)28)21(27)25-12-6-7-16(14-25)13-20-23-18-8-4-5-9-19(18)24-20/h4-5,8-11,16H,3,6-7,12-14H2,1-2H3,(H,23,24). The fourth-order valence-corrected chi connectivity index (χ4v) is 4.19. The summed E-state index contributed by atoms with van der Waals surface area (Å²) in [4.78, 5) is 35.6. The molecule has 6 nitrogen and oxygen atoms in total. The highest BCUT2D eigenvalue weighted by molar-refractivity contribution is 5.94. The lowest BCUT2D eigenvalue weighted by molar-refractivity contribution is 0.0669. The van der Waals surface area contributed by atoms with Gasteiger partial charge in [0.05, 0.1) is 11.0 Å². The molecular formula is C22H26N4O2. The molecule has 1 amide bonds. The molecular weight excluding hydrogens is 352 g/mol. The Morgan fingerprint density at radius 2 is 2.07 bits per heavy atom. The molecule has 1 saturated heterocycles. The number of carbonyl (C=O) groups is 1. The van der Waals surface area contributed by atoms with Crippen molar-refractivity contribution >= 4 is 16.9 Å². The minimum absolute atomic E-state index is 0.151. The number of benzene rings is 1. The van der Waals surface area contributed by atoms with Gasteiger partial charge in [0, 0.05) is 31.7 Å². The summed E-state index contributed by atoms with van der Waals surface area (Å²) in [6, 6.07) is 11.5. The van der Waals surface area contributed by atoms with Crippen LogP contribution in [0.15, 0.2) is 41.2 Å². The Morgan fingerprint density at radius 3 is 2.86 bits per heavy atom. The first-order valence-corrected chi connectivity index (χ1v) is 10.00. The van der Waals surface area contributed by atoms with Crippen molar-refractivity contribution in [2.45, 2.75) is 39.7 Å². The quantitative estimate of drug-likeness (QED) is 0.758. The van der Waals surface area contributed by atoms with Crippen molar-refractivity contribution in [3.05, 3.63) is 63.8 Å². The van der Waals surface area contributed by atoms with Gasteiger partial charge in [0.2, 0.25) is 0 Å². The third-order valence-electron chi connectivity index (χ3n) is 5.67. The Bertz CT molecular complexity index is 1030. The summed E-state index contributed by atoms with van der Waals surface area (Å²) in [5.74, 6) is 1.16. The highest BCUT2D eigenvalue weighted by Crippen LogP contribution is 2.22. The Morgan fingerprint density at radius 1 is 1.25 bits per heavy atom. The van der Waals surface area contributed by atoms with Crippen molar-refractivity contribution in [2.75, 3.05) is 13.1 Å². The lowest BCUT2D eigenvalue weighted by Crippen LogP contribution is -2.43. The molecule has 1 aliphatic heterocycles. The van der Waals surface area contributed by atoms with Crippen LogP contribution < -0.4 is 5.56 Å². The van der Waals surface area contributed by atoms with Gasteiger partial charge in [-0.3, -0.25) is 9.59 Å². The first-order valence-electron chi connectivity index (χ1n) is 10.00. The third kappa shape index (κ3) is 3.46. The van der Waals surface area contributed by atoms with Gasteiger partial charge in [0.25, 0.3) is 11.5 Å². The molecule has 1 N–H and O–H groups in total. The fourth-order valence-electron chi connectivity index (χ4n) is 4.19. The zero-order chi connectivity index (χ0) is 19.7. The number of para-hydroxylation sites is 2. The van der Waals surface area contributed by atoms with Gasteiger partial charge in [-0.1, -0.05) is 12.1 Å². The second kappa shape index (κ2) is 7.62. The number of pyridine rings is 1. The first kappa shape index (κ1) is 18.5. The van der Waals surface area contributed by atoms with Crippen LogP contribution in [-0.2, 0) is 13.0 Å². The van der Waals surface area contributed by atoms with Crippen molar-refractivity contribution in [1.82, 2.24) is 19.4 Å². The normalized spacial score (nSPS) is 17.2. The molecule has 0 bridgehead atoms. The molecule has 6 heteroatoms. The predicted molar refractivity (Wildman–Crippen MR) is 110 cm³/mol. The predicted octanol–water partition coefficient (Wildman–Crippen LogP) is 3.15. The molecule has 0 saturated carbocycles. The van der Waals surface area contributed by atoms with Crippen LogP contribution in [0.5, 0.6) is 0 Å². The summed E-state index contributed by atoms with van der Waals surface area (Å²) in [6.07, 6.45) is 2.82. The summed E-state index contributed by atoms with van der Waals surface area (Å²) >= 11 is 0. The lowest BCUT2D eigenvalue weighted by atomic mass is 9.94. The van der Waals surface area contributed by atoms with Gasteiger partial charge in [-0.15, -0.1) is 0 Å². The SMILES string of the molecule is CCn1c(C)ccc(C(=O)N2CCCC(Cc3nc4ccccc4[nH]3)C2)c1=O. The average Bonchev–Trinajstić information content (AvgIpc) is 3.10. The summed E-state index contributed by atoms with van der Waals surface area (Å²) in [5.41, 5.74) is 2.98. The smallest absolute Gasteiger partial charge is 0.263 e. The zero-order valence-electron chi connectivity index (χ0n) is 16.4. The Labute approximate surface area is 164 Å². The number of nitrogens with zero attached hydrogens (tertiary/aromatic N) is 3. The van der Waals surface area contributed by atoms with E-state index in [0.717, 1.165) is 41.8 Å². The van der Waals surface area contributed by atoms with E-state index in [0.29, 0.717) is 25.6 Å². The van der Waals surface area contributed by atoms with Crippen LogP contribution >= 0.6 is 0 Å². The number of nitrogens with one attached hydrogen (secondary N) is 1. The van der Waals surface area contributed by atoms with Crippen molar-refractivity contribution in [1.29, 1.82) is 0 Å². The number of amides is 1. The van der Waals surface area contributed by atoms with Crippen molar-refractivity contribution in [3.63, 3.8) is 0 Å². The minimum Gasteiger partial charge on any atom is -0.342 e. The lowest BCUT2D eigenvalue weighted by Gasteiger charge is -2.32. The summed E-state index contributed by atoms with van der Waals surface area (Å²) in [5, 5.41) is 0. The maximum absolute atomic E-state index is 13.0. The molecule has 4 rings (SSSR count). The van der Waals surface area contributed by atoms with E-state index in [4.69, 9.17) is 0 Å². The van der Waals surface area contributed by atoms with Crippen LogP contribution in [0.1, 0.15) is 41.6 Å². The van der Waals surface area contributed by atoms with Crippen LogP contribution in [0.3, 0.4) is 0 Å². The van der Waals surface area contributed by atoms with Gasteiger partial charge in [-0.25, -0.2) is 4.98 Å². The van der Waals surface area contributed by atoms with E-state index in [1.807, 2.05) is 49.1 Å². The molecule has 0 radical (unpaired) electrons. The van der Waals surface area contributed by atoms with Crippen LogP contribution in [0.25, 0.3) is 11.0 Å². The van der Waals surface area contributed by atoms with E-state index >= 15 is 0 Å². The van der Waals surface area contributed by atoms with E-state index < -0.39 is 0 Å². The second-order valence-electron chi connectivity index (χ2n) is 7.60. The van der Waals surface area contributed by atoms with E-state index in [2.05, 4.69) is 9.97 Å². The minimum atomic E-state index is -0.188. The monoisotopic (exact) mass is 378 g/mol. The molecule has 0 aliphatic carbocycles. The molecule has 2 aromatic heterocycles. The Kier molecular flexibility index (Phi) is 5.03. The average molecular weight is 378 g/mol. The van der Waals surface area contributed by atoms with Crippen molar-refractivity contribution in [3.8, 4) is 0 Å². The number of H-pyrrole nitrogens is 1. The van der Waals surface area contributed by atoms with Gasteiger partial charge < -0.3 is 14.5 Å². The maximum atomic E-state index is 13.0. The van der Waals surface area contributed by atoms with Gasteiger partial charge in [0.1, 0.15) is 11.4 Å². The van der Waals surface area contributed by atoms with Crippen LogP contribution in [0, 0.1) is 12.8 Å². The number of carbonyl (C=O) groups excluding carboxylic acids is 1. The number of likely N-dealkylation sites (tertiary alicyclic amines) is 1. The Hall–Kier alpha value is -2.89. The summed E-state index contributed by atoms with van der Waals surface area (Å²) in [7, 11) is 0. The van der Waals surface area contributed by atoms with Crippen LogP contribution in [-0.4, -0.2) is 38.4 Å². The van der Waals surface area contributed by atoms with E-state index in [9.17, 15) is 9.59 Å². The largest absolute Gasteiger partial charge is 0.342 e. The topological polar surface area (TPSA) is 71.0 Å². The van der Waals surface area contributed by atoms with Crippen LogP contribution in [0.4, 0.5) is 0 Å². The van der Waals surface area contributed by atoms with Gasteiger partial charge >= 0.3 is 0 Å². The van der Waals surface area contributed by atoms with Crippen molar-refractivity contribution in [2.24, 2.45) is 5.92 Å². The third-order valence-corrected chi connectivity index (χ3v) is 5.67. The Balaban J connectivity index is 1.50. The molecule has 1 fully saturated rings. The first-order chi connectivity index (χ1) is 13.6. The number of fused-ring (bicyclic) bond motifs is 1. The number of piperidine rings is 1.